The van der Waals surface area contributed by atoms with Crippen LogP contribution in [0.1, 0.15) is 0 Å². The lowest BCUT2D eigenvalue weighted by Gasteiger charge is -2.13. The quantitative estimate of drug-likeness (QED) is 0.128. The van der Waals surface area contributed by atoms with Crippen LogP contribution in [0.4, 0.5) is 0 Å². The van der Waals surface area contributed by atoms with E-state index in [2.05, 4.69) is 410 Å². The highest BCUT2D eigenvalue weighted by Gasteiger charge is 2.23. The molecule has 0 amide bonds. The van der Waals surface area contributed by atoms with Gasteiger partial charge in [0.25, 0.3) is 0 Å². The molecule has 0 saturated carbocycles. The Kier molecular flexibility index (Phi) is 16.5. The van der Waals surface area contributed by atoms with E-state index in [1.165, 1.54) is 100 Å². The standard InChI is InChI=1S/C55H34N4S.C53H32N4S/c1-2-14-35(15-3-1)38-16-12-17-39(32-38)48-34-47(57-55(58-48)40-18-13-19-41(33-40)59-49-25-9-5-20-42(49)43-21-6-10-26-50(43)59)36-28-30-37(31-29-36)53-54-52(44-22-4-8-24-46(44)56-53)45-23-7-11-27-51(45)60-54;1-2-13-36-30-37(29-24-33(36)12-1)46-32-45(55-53(56-46)38-14-11-15-39(31-38)57-47-21-8-4-16-40(47)41-17-5-9-22-48(41)57)34-25-27-35(28-26-34)51-52-50(42-18-3-7-20-44(42)54-51)43-19-6-10-23-49(43)58-52/h1-34H;1-32H. The average molecular weight is 1540 g/mol. The summed E-state index contributed by atoms with van der Waals surface area (Å²) in [6.07, 6.45) is 0. The minimum absolute atomic E-state index is 0.669. The third-order valence-corrected chi connectivity index (χ3v) is 25.3. The summed E-state index contributed by atoms with van der Waals surface area (Å²) in [6.45, 7) is 0. The molecule has 0 fully saturated rings. The molecule has 16 aromatic carbocycles. The molecule has 0 aliphatic heterocycles. The molecule has 0 saturated heterocycles. The van der Waals surface area contributed by atoms with E-state index in [1.807, 2.05) is 22.7 Å². The van der Waals surface area contributed by atoms with Gasteiger partial charge in [-0.2, -0.15) is 0 Å². The Morgan fingerprint density at radius 3 is 1.01 bits per heavy atom. The lowest BCUT2D eigenvalue weighted by atomic mass is 10.00. The van der Waals surface area contributed by atoms with Crippen LogP contribution in [-0.4, -0.2) is 39.0 Å². The van der Waals surface area contributed by atoms with Crippen molar-refractivity contribution < 1.29 is 0 Å². The molecule has 0 aliphatic carbocycles. The number of fused-ring (bicyclic) bond motifs is 17. The summed E-state index contributed by atoms with van der Waals surface area (Å²) in [4.78, 5) is 31.7. The summed E-state index contributed by atoms with van der Waals surface area (Å²) in [5.41, 5.74) is 24.7. The molecular weight excluding hydrogens is 1470 g/mol. The van der Waals surface area contributed by atoms with E-state index >= 15 is 0 Å². The van der Waals surface area contributed by atoms with E-state index < -0.39 is 0 Å². The normalized spacial score (nSPS) is 11.7. The first-order valence-electron chi connectivity index (χ1n) is 39.7. The van der Waals surface area contributed by atoms with Crippen LogP contribution in [0.5, 0.6) is 0 Å². The van der Waals surface area contributed by atoms with Crippen molar-refractivity contribution in [2.45, 2.75) is 0 Å². The van der Waals surface area contributed by atoms with Gasteiger partial charge in [-0.05, 0) is 119 Å². The number of benzene rings is 16. The number of para-hydroxylation sites is 6. The second-order valence-corrected chi connectivity index (χ2v) is 32.1. The maximum atomic E-state index is 5.32. The van der Waals surface area contributed by atoms with Crippen LogP contribution in [0.15, 0.2) is 400 Å². The Balaban J connectivity index is 0.000000138. The van der Waals surface area contributed by atoms with Crippen molar-refractivity contribution in [2.75, 3.05) is 0 Å². The van der Waals surface area contributed by atoms with Crippen molar-refractivity contribution in [3.05, 3.63) is 400 Å². The first kappa shape index (κ1) is 68.4. The van der Waals surface area contributed by atoms with E-state index in [-0.39, 0.29) is 0 Å². The van der Waals surface area contributed by atoms with Gasteiger partial charge in [-0.25, -0.2) is 29.9 Å². The Labute approximate surface area is 686 Å². The van der Waals surface area contributed by atoms with Crippen LogP contribution >= 0.6 is 22.7 Å². The van der Waals surface area contributed by atoms with Crippen LogP contribution in [0.25, 0.3) is 229 Å². The highest BCUT2D eigenvalue weighted by atomic mass is 32.1. The molecule has 118 heavy (non-hydrogen) atoms. The van der Waals surface area contributed by atoms with Crippen molar-refractivity contribution in [1.29, 1.82) is 0 Å². The number of nitrogens with zero attached hydrogens (tertiary/aromatic N) is 8. The van der Waals surface area contributed by atoms with E-state index in [1.54, 1.807) is 0 Å². The highest BCUT2D eigenvalue weighted by Crippen LogP contribution is 2.47. The maximum absolute atomic E-state index is 5.32. The van der Waals surface area contributed by atoms with Gasteiger partial charge in [-0.3, -0.25) is 0 Å². The first-order chi connectivity index (χ1) is 58.5. The minimum atomic E-state index is 0.669. The molecule has 8 aromatic heterocycles. The van der Waals surface area contributed by atoms with Gasteiger partial charge in [-0.15, -0.1) is 22.7 Å². The Hall–Kier alpha value is -15.2. The third kappa shape index (κ3) is 11.9. The van der Waals surface area contributed by atoms with Crippen LogP contribution in [0.2, 0.25) is 0 Å². The van der Waals surface area contributed by atoms with Crippen molar-refractivity contribution in [1.82, 2.24) is 39.0 Å². The zero-order valence-electron chi connectivity index (χ0n) is 63.5. The molecule has 24 aromatic rings. The largest absolute Gasteiger partial charge is 0.309 e. The minimum Gasteiger partial charge on any atom is -0.309 e. The number of thiophene rings is 2. The lowest BCUT2D eigenvalue weighted by Crippen LogP contribution is -1.98. The number of hydrogen-bond donors (Lipinski definition) is 0. The molecule has 550 valence electrons. The molecule has 0 aliphatic rings. The average Bonchev–Trinajstić information content (AvgIpc) is 1.57. The molecule has 24 rings (SSSR count). The van der Waals surface area contributed by atoms with Gasteiger partial charge in [0.15, 0.2) is 11.6 Å². The fraction of sp³-hybridized carbons (Fsp3) is 0. The maximum Gasteiger partial charge on any atom is 0.160 e. The molecule has 8 nitrogen and oxygen atoms in total. The topological polar surface area (TPSA) is 87.2 Å². The van der Waals surface area contributed by atoms with Gasteiger partial charge in [0.05, 0.1) is 76.7 Å². The molecular formula is C108H66N8S2. The van der Waals surface area contributed by atoms with E-state index in [0.717, 1.165) is 118 Å². The second-order valence-electron chi connectivity index (χ2n) is 30.0. The smallest absolute Gasteiger partial charge is 0.160 e. The van der Waals surface area contributed by atoms with E-state index in [0.29, 0.717) is 11.6 Å². The van der Waals surface area contributed by atoms with Crippen molar-refractivity contribution in [2.24, 2.45) is 0 Å². The third-order valence-electron chi connectivity index (χ3n) is 23.0. The van der Waals surface area contributed by atoms with Crippen molar-refractivity contribution >= 4 is 139 Å². The van der Waals surface area contributed by atoms with Gasteiger partial charge in [-0.1, -0.05) is 303 Å². The summed E-state index contributed by atoms with van der Waals surface area (Å²) >= 11 is 3.63. The Morgan fingerprint density at radius 2 is 0.534 bits per heavy atom. The van der Waals surface area contributed by atoms with Crippen molar-refractivity contribution in [3.63, 3.8) is 0 Å². The highest BCUT2D eigenvalue weighted by molar-refractivity contribution is 7.27. The lowest BCUT2D eigenvalue weighted by molar-refractivity contribution is 1.16. The molecule has 8 heterocycles. The van der Waals surface area contributed by atoms with E-state index in [9.17, 15) is 0 Å². The van der Waals surface area contributed by atoms with Gasteiger partial charge >= 0.3 is 0 Å². The van der Waals surface area contributed by atoms with Crippen LogP contribution in [-0.2, 0) is 0 Å². The van der Waals surface area contributed by atoms with Crippen LogP contribution in [0, 0.1) is 0 Å². The fourth-order valence-electron chi connectivity index (χ4n) is 17.4. The van der Waals surface area contributed by atoms with Crippen LogP contribution in [0.3, 0.4) is 0 Å². The number of aromatic nitrogens is 8. The van der Waals surface area contributed by atoms with Gasteiger partial charge in [0.1, 0.15) is 0 Å². The molecule has 0 radical (unpaired) electrons. The summed E-state index contributed by atoms with van der Waals surface area (Å²) in [6, 6.07) is 142. The summed E-state index contributed by atoms with van der Waals surface area (Å²) in [5.74, 6) is 1.35. The monoisotopic (exact) mass is 1540 g/mol. The van der Waals surface area contributed by atoms with Gasteiger partial charge < -0.3 is 9.13 Å². The summed E-state index contributed by atoms with van der Waals surface area (Å²) in [5, 5.41) is 14.8. The predicted molar refractivity (Wildman–Crippen MR) is 496 cm³/mol. The molecule has 10 heteroatoms. The fourth-order valence-corrected chi connectivity index (χ4v) is 19.9. The second kappa shape index (κ2) is 28.4. The Morgan fingerprint density at radius 1 is 0.195 bits per heavy atom. The number of rotatable bonds is 11. The SMILES string of the molecule is c1cc(-c2nc(-c3ccc(-c4nc5ccccc5c5c4sc4ccccc45)cc3)cc(-c3ccc4ccccc4c3)n2)cc(-n2c3ccccc3c3ccccc32)c1.c1ccc(-c2cccc(-c3cc(-c4ccc(-c5nc6ccccc6c6c5sc5ccccc56)cc4)nc(-c4cccc(-n5c6ccccc6c6ccccc65)c4)n3)c2)cc1. The van der Waals surface area contributed by atoms with Gasteiger partial charge in [0, 0.05) is 119 Å². The molecule has 0 spiro atoms. The molecule has 0 unspecified atom stereocenters. The number of hydrogen-bond acceptors (Lipinski definition) is 8. The zero-order valence-corrected chi connectivity index (χ0v) is 65.1. The first-order valence-corrected chi connectivity index (χ1v) is 41.3. The van der Waals surface area contributed by atoms with Crippen molar-refractivity contribution in [3.8, 4) is 113 Å². The van der Waals surface area contributed by atoms with Gasteiger partial charge in [0.2, 0.25) is 0 Å². The summed E-state index contributed by atoms with van der Waals surface area (Å²) < 4.78 is 9.63. The summed E-state index contributed by atoms with van der Waals surface area (Å²) in [7, 11) is 0. The Bertz CT molecular complexity index is 8030. The molecule has 0 bridgehead atoms. The molecule has 0 N–H and O–H groups in total. The zero-order chi connectivity index (χ0) is 77.7. The predicted octanol–water partition coefficient (Wildman–Crippen LogP) is 29.1. The van der Waals surface area contributed by atoms with E-state index in [4.69, 9.17) is 29.9 Å². The molecule has 0 atom stereocenters. The van der Waals surface area contributed by atoms with Crippen LogP contribution < -0.4 is 0 Å². The number of pyridine rings is 2.